The first-order valence-electron chi connectivity index (χ1n) is 14.9. The minimum absolute atomic E-state index is 0.0390. The van der Waals surface area contributed by atoms with E-state index in [-0.39, 0.29) is 35.5 Å². The molecule has 0 aromatic heterocycles. The second-order valence-corrected chi connectivity index (χ2v) is 13.9. The minimum Gasteiger partial charge on any atom is -0.507 e. The van der Waals surface area contributed by atoms with E-state index in [1.165, 1.54) is 36.4 Å². The number of aryl methyl sites for hydroxylation is 2. The Labute approximate surface area is 278 Å². The number of phenols is 1. The summed E-state index contributed by atoms with van der Waals surface area (Å²) < 4.78 is 13.9. The van der Waals surface area contributed by atoms with Gasteiger partial charge < -0.3 is 10.2 Å². The highest BCUT2D eigenvalue weighted by Crippen LogP contribution is 2.66. The first-order chi connectivity index (χ1) is 22.2. The van der Waals surface area contributed by atoms with Crippen molar-refractivity contribution in [2.45, 2.75) is 42.4 Å². The van der Waals surface area contributed by atoms with E-state index in [9.17, 15) is 38.6 Å². The number of allylic oxidation sites excluding steroid dienone is 2. The molecule has 0 bridgehead atoms. The van der Waals surface area contributed by atoms with E-state index < -0.39 is 68.8 Å². The molecule has 3 fully saturated rings. The maximum Gasteiger partial charge on any atom is 0.335 e. The number of imide groups is 2. The molecule has 240 valence electrons. The lowest BCUT2D eigenvalue weighted by atomic mass is 9.56. The van der Waals surface area contributed by atoms with Crippen LogP contribution in [0.4, 0.5) is 15.8 Å². The van der Waals surface area contributed by atoms with Gasteiger partial charge in [0.1, 0.15) is 11.6 Å². The van der Waals surface area contributed by atoms with Crippen molar-refractivity contribution in [3.8, 4) is 5.75 Å². The molecule has 2 N–H and O–H groups in total. The molecule has 2 aliphatic heterocycles. The van der Waals surface area contributed by atoms with Gasteiger partial charge in [0.05, 0.1) is 28.8 Å². The maximum atomic E-state index is 14.5. The van der Waals surface area contributed by atoms with Crippen LogP contribution in [0.3, 0.4) is 0 Å². The summed E-state index contributed by atoms with van der Waals surface area (Å²) in [6, 6.07) is 13.6. The quantitative estimate of drug-likeness (QED) is 0.208. The summed E-state index contributed by atoms with van der Waals surface area (Å²) in [5.41, 5.74) is 2.09. The number of anilines is 2. The van der Waals surface area contributed by atoms with Crippen LogP contribution in [-0.2, 0) is 19.2 Å². The molecule has 2 aliphatic carbocycles. The topological polar surface area (TPSA) is 132 Å². The van der Waals surface area contributed by atoms with E-state index in [0.717, 1.165) is 21.9 Å². The van der Waals surface area contributed by atoms with Gasteiger partial charge in [0.25, 0.3) is 11.8 Å². The molecule has 47 heavy (non-hydrogen) atoms. The molecule has 3 aromatic carbocycles. The Morgan fingerprint density at radius 3 is 2.17 bits per heavy atom. The molecule has 6 atom stereocenters. The van der Waals surface area contributed by atoms with Crippen molar-refractivity contribution in [2.75, 3.05) is 9.80 Å². The largest absolute Gasteiger partial charge is 0.507 e. The monoisotopic (exact) mass is 676 g/mol. The predicted octanol–water partition coefficient (Wildman–Crippen LogP) is 5.61. The van der Waals surface area contributed by atoms with E-state index in [2.05, 4.69) is 0 Å². The lowest BCUT2D eigenvalue weighted by Gasteiger charge is -2.50. The summed E-state index contributed by atoms with van der Waals surface area (Å²) in [6.45, 7) is 3.36. The molecular formula is C35H27Cl2FN2O7. The average molecular weight is 678 g/mol. The summed E-state index contributed by atoms with van der Waals surface area (Å²) in [5, 5.41) is 20.1. The SMILES string of the molecule is Cc1cc([C@H]2C3=CC[C@@H]4C(=O)N(c5cccc(C(=O)O)c5)C(=O)[C@@H]4[C@@H]3C[C@@]3(Cl)C(=O)N(c4ccc(F)cc4)C(=O)[C@@]23Cl)cc(C)c1O. The molecule has 4 amide bonds. The molecule has 1 saturated carbocycles. The number of phenolic OH excluding ortho intramolecular Hbond substituents is 1. The van der Waals surface area contributed by atoms with E-state index in [4.69, 9.17) is 23.2 Å². The van der Waals surface area contributed by atoms with Crippen molar-refractivity contribution in [3.63, 3.8) is 0 Å². The number of benzene rings is 3. The van der Waals surface area contributed by atoms with Gasteiger partial charge in [-0.15, -0.1) is 23.2 Å². The summed E-state index contributed by atoms with van der Waals surface area (Å²) in [6.07, 6.45) is 1.64. The zero-order valence-corrected chi connectivity index (χ0v) is 26.6. The third kappa shape index (κ3) is 4.17. The zero-order chi connectivity index (χ0) is 33.7. The van der Waals surface area contributed by atoms with Crippen LogP contribution in [0.5, 0.6) is 5.75 Å². The normalized spacial score (nSPS) is 29.9. The van der Waals surface area contributed by atoms with E-state index in [1.807, 2.05) is 0 Å². The van der Waals surface area contributed by atoms with Gasteiger partial charge in [-0.1, -0.05) is 29.8 Å². The number of hydrogen-bond donors (Lipinski definition) is 2. The van der Waals surface area contributed by atoms with Gasteiger partial charge in [0.15, 0.2) is 9.75 Å². The van der Waals surface area contributed by atoms with Gasteiger partial charge >= 0.3 is 5.97 Å². The highest BCUT2D eigenvalue weighted by molar-refractivity contribution is 6.58. The molecular weight excluding hydrogens is 650 g/mol. The standard InChI is InChI=1S/C35H27Cl2FN2O7/c1-16-12-19(13-17(2)28(16)41)27-23-10-11-24-26(30(43)39(29(24)42)22-5-3-4-18(14-22)31(44)45)25(23)15-34(36)32(46)40(33(47)35(27,34)37)21-8-6-20(38)7-9-21/h3-10,12-14,24-27,41H,11,15H2,1-2H3,(H,44,45)/t24-,25+,26-,27-,34+,35-/m0/s1. The first-order valence-corrected chi connectivity index (χ1v) is 15.7. The summed E-state index contributed by atoms with van der Waals surface area (Å²) >= 11 is 14.8. The van der Waals surface area contributed by atoms with Crippen molar-refractivity contribution >= 4 is 64.2 Å². The van der Waals surface area contributed by atoms with Crippen molar-refractivity contribution in [1.29, 1.82) is 0 Å². The number of aromatic hydroxyl groups is 1. The molecule has 0 spiro atoms. The Balaban J connectivity index is 1.40. The van der Waals surface area contributed by atoms with Crippen LogP contribution in [0, 0.1) is 37.4 Å². The van der Waals surface area contributed by atoms with Crippen LogP contribution >= 0.6 is 23.2 Å². The summed E-state index contributed by atoms with van der Waals surface area (Å²) in [7, 11) is 0. The molecule has 0 unspecified atom stereocenters. The Hall–Kier alpha value is -4.54. The van der Waals surface area contributed by atoms with Crippen LogP contribution in [0.2, 0.25) is 0 Å². The number of carbonyl (C=O) groups excluding carboxylic acids is 4. The Kier molecular flexibility index (Phi) is 6.93. The van der Waals surface area contributed by atoms with Crippen molar-refractivity contribution in [2.24, 2.45) is 17.8 Å². The maximum absolute atomic E-state index is 14.5. The van der Waals surface area contributed by atoms with Crippen LogP contribution < -0.4 is 9.80 Å². The van der Waals surface area contributed by atoms with Gasteiger partial charge in [0, 0.05) is 5.92 Å². The lowest BCUT2D eigenvalue weighted by molar-refractivity contribution is -0.125. The number of carboxylic acid groups (broad SMARTS) is 1. The van der Waals surface area contributed by atoms with Crippen LogP contribution in [0.25, 0.3) is 0 Å². The van der Waals surface area contributed by atoms with Crippen LogP contribution in [-0.4, -0.2) is 49.6 Å². The minimum atomic E-state index is -2.10. The number of amides is 4. The number of alkyl halides is 2. The molecule has 4 aliphatic rings. The van der Waals surface area contributed by atoms with Crippen molar-refractivity contribution in [3.05, 3.63) is 100 Å². The smallest absolute Gasteiger partial charge is 0.335 e. The fourth-order valence-electron chi connectivity index (χ4n) is 7.96. The number of carbonyl (C=O) groups is 5. The number of carboxylic acids is 1. The highest BCUT2D eigenvalue weighted by Gasteiger charge is 2.76. The average Bonchev–Trinajstić information content (AvgIpc) is 3.37. The number of rotatable bonds is 4. The zero-order valence-electron chi connectivity index (χ0n) is 25.0. The third-order valence-electron chi connectivity index (χ3n) is 10.1. The van der Waals surface area contributed by atoms with E-state index >= 15 is 0 Å². The Morgan fingerprint density at radius 1 is 0.872 bits per heavy atom. The molecule has 7 rings (SSSR count). The van der Waals surface area contributed by atoms with Crippen molar-refractivity contribution < 1.29 is 38.6 Å². The number of fused-ring (bicyclic) bond motifs is 4. The Morgan fingerprint density at radius 2 is 1.53 bits per heavy atom. The van der Waals surface area contributed by atoms with Gasteiger partial charge in [-0.2, -0.15) is 0 Å². The molecule has 9 nitrogen and oxygen atoms in total. The molecule has 2 saturated heterocycles. The second-order valence-electron chi connectivity index (χ2n) is 12.6. The second kappa shape index (κ2) is 10.5. The highest BCUT2D eigenvalue weighted by atomic mass is 35.5. The Bertz CT molecular complexity index is 1960. The first kappa shape index (κ1) is 31.1. The number of hydrogen-bond acceptors (Lipinski definition) is 6. The van der Waals surface area contributed by atoms with Gasteiger partial charge in [-0.05, 0) is 91.8 Å². The molecule has 3 aromatic rings. The number of halogens is 3. The molecule has 2 heterocycles. The number of nitrogens with zero attached hydrogens (tertiary/aromatic N) is 2. The third-order valence-corrected chi connectivity index (χ3v) is 11.5. The van der Waals surface area contributed by atoms with E-state index in [0.29, 0.717) is 22.3 Å². The molecule has 0 radical (unpaired) electrons. The number of aromatic carboxylic acids is 1. The summed E-state index contributed by atoms with van der Waals surface area (Å²) in [4.78, 5) is 66.2. The van der Waals surface area contributed by atoms with Gasteiger partial charge in [-0.25, -0.2) is 14.1 Å². The van der Waals surface area contributed by atoms with Crippen LogP contribution in [0.15, 0.2) is 72.3 Å². The fourth-order valence-corrected chi connectivity index (χ4v) is 8.90. The van der Waals surface area contributed by atoms with E-state index in [1.54, 1.807) is 32.1 Å². The predicted molar refractivity (Wildman–Crippen MR) is 170 cm³/mol. The lowest BCUT2D eigenvalue weighted by Crippen LogP contribution is -2.60. The van der Waals surface area contributed by atoms with Crippen LogP contribution in [0.1, 0.15) is 45.8 Å². The van der Waals surface area contributed by atoms with Gasteiger partial charge in [-0.3, -0.25) is 24.1 Å². The fraction of sp³-hybridized carbons (Fsp3) is 0.286. The summed E-state index contributed by atoms with van der Waals surface area (Å²) in [5.74, 6) is -8.22. The van der Waals surface area contributed by atoms with Gasteiger partial charge in [0.2, 0.25) is 11.8 Å². The van der Waals surface area contributed by atoms with Crippen molar-refractivity contribution in [1.82, 2.24) is 0 Å². The molecule has 12 heteroatoms.